The number of methoxy groups -OCH3 is 1. The van der Waals surface area contributed by atoms with Crippen molar-refractivity contribution in [3.63, 3.8) is 0 Å². The Labute approximate surface area is 301 Å². The summed E-state index contributed by atoms with van der Waals surface area (Å²) in [5.41, 5.74) is 8.32. The molecule has 0 aliphatic carbocycles. The van der Waals surface area contributed by atoms with Gasteiger partial charge in [-0.2, -0.15) is 0 Å². The van der Waals surface area contributed by atoms with Crippen molar-refractivity contribution < 1.29 is 28.5 Å². The molecule has 264 valence electrons. The van der Waals surface area contributed by atoms with Gasteiger partial charge in [-0.25, -0.2) is 4.79 Å². The van der Waals surface area contributed by atoms with Crippen LogP contribution in [0.2, 0.25) is 0 Å². The van der Waals surface area contributed by atoms with E-state index in [1.54, 1.807) is 19.2 Å². The molecule has 51 heavy (non-hydrogen) atoms. The predicted octanol–water partition coefficient (Wildman–Crippen LogP) is 10.8. The lowest BCUT2D eigenvalue weighted by molar-refractivity contribution is -0.141. The van der Waals surface area contributed by atoms with E-state index >= 15 is 0 Å². The highest BCUT2D eigenvalue weighted by molar-refractivity contribution is 5.77. The Morgan fingerprint density at radius 3 is 1.37 bits per heavy atom. The summed E-state index contributed by atoms with van der Waals surface area (Å²) < 4.78 is 21.2. The van der Waals surface area contributed by atoms with Gasteiger partial charge < -0.3 is 23.8 Å². The van der Waals surface area contributed by atoms with Crippen LogP contribution in [-0.2, 0) is 19.7 Å². The zero-order valence-electron chi connectivity index (χ0n) is 30.2. The minimum Gasteiger partial charge on any atom is -0.497 e. The summed E-state index contributed by atoms with van der Waals surface area (Å²) in [4.78, 5) is 25.5. The summed E-state index contributed by atoms with van der Waals surface area (Å²) in [5.74, 6) is 0.922. The van der Waals surface area contributed by atoms with Gasteiger partial charge in [0.15, 0.2) is 0 Å². The van der Waals surface area contributed by atoms with Gasteiger partial charge in [0.25, 0.3) is 0 Å². The number of rotatable bonds is 15. The Morgan fingerprint density at radius 2 is 0.941 bits per heavy atom. The fourth-order valence-electron chi connectivity index (χ4n) is 6.11. The molecule has 0 aromatic heterocycles. The average molecular weight is 686 g/mol. The lowest BCUT2D eigenvalue weighted by Gasteiger charge is -2.33. The van der Waals surface area contributed by atoms with Crippen LogP contribution in [0.5, 0.6) is 11.5 Å². The second kappa shape index (κ2) is 17.4. The molecule has 5 aromatic rings. The Kier molecular flexibility index (Phi) is 12.5. The van der Waals surface area contributed by atoms with Crippen LogP contribution in [0.15, 0.2) is 121 Å². The third-order valence-corrected chi connectivity index (χ3v) is 9.15. The summed E-state index contributed by atoms with van der Waals surface area (Å²) >= 11 is 0. The number of anilines is 3. The van der Waals surface area contributed by atoms with Crippen LogP contribution in [0.3, 0.4) is 0 Å². The lowest BCUT2D eigenvalue weighted by atomic mass is 9.71. The quantitative estimate of drug-likeness (QED) is 0.0470. The summed E-state index contributed by atoms with van der Waals surface area (Å²) in [5, 5.41) is 0. The molecule has 0 heterocycles. The van der Waals surface area contributed by atoms with Gasteiger partial charge in [0.1, 0.15) is 11.5 Å². The van der Waals surface area contributed by atoms with Gasteiger partial charge in [0.2, 0.25) is 0 Å². The van der Waals surface area contributed by atoms with Crippen LogP contribution < -0.4 is 14.4 Å². The zero-order chi connectivity index (χ0) is 36.2. The summed E-state index contributed by atoms with van der Waals surface area (Å²) in [6.45, 7) is 8.48. The molecule has 7 heteroatoms. The number of ether oxygens (including phenoxy) is 4. The maximum Gasteiger partial charge on any atom is 0.513 e. The van der Waals surface area contributed by atoms with Crippen molar-refractivity contribution in [2.24, 2.45) is 0 Å². The summed E-state index contributed by atoms with van der Waals surface area (Å²) in [6, 6.07) is 41.6. The maximum atomic E-state index is 12.4. The number of esters is 1. The van der Waals surface area contributed by atoms with E-state index in [-0.39, 0.29) is 12.6 Å². The van der Waals surface area contributed by atoms with Crippen molar-refractivity contribution in [2.45, 2.75) is 58.8 Å². The second-order valence-corrected chi connectivity index (χ2v) is 12.9. The van der Waals surface area contributed by atoms with Crippen LogP contribution in [0.4, 0.5) is 21.9 Å². The molecule has 0 bridgehead atoms. The Morgan fingerprint density at radius 1 is 0.549 bits per heavy atom. The highest BCUT2D eigenvalue weighted by atomic mass is 16.7. The Balaban J connectivity index is 1.36. The van der Waals surface area contributed by atoms with Gasteiger partial charge in [0.05, 0.1) is 20.3 Å². The molecule has 7 nitrogen and oxygen atoms in total. The minimum absolute atomic E-state index is 0.265. The number of unbranched alkanes of at least 4 members (excludes halogenated alkanes) is 3. The van der Waals surface area contributed by atoms with Crippen molar-refractivity contribution in [3.8, 4) is 11.5 Å². The highest BCUT2D eigenvalue weighted by Crippen LogP contribution is 2.42. The molecule has 0 saturated heterocycles. The second-order valence-electron chi connectivity index (χ2n) is 12.9. The number of benzene rings is 5. The topological polar surface area (TPSA) is 74.3 Å². The lowest BCUT2D eigenvalue weighted by Crippen LogP contribution is -2.25. The van der Waals surface area contributed by atoms with Crippen LogP contribution >= 0.6 is 0 Å². The Hall–Kier alpha value is -5.56. The first-order valence-electron chi connectivity index (χ1n) is 17.4. The molecule has 0 aliphatic rings. The van der Waals surface area contributed by atoms with Crippen molar-refractivity contribution in [2.75, 3.05) is 25.2 Å². The van der Waals surface area contributed by atoms with Crippen LogP contribution in [-0.4, -0.2) is 32.4 Å². The molecular weight excluding hydrogens is 638 g/mol. The third-order valence-electron chi connectivity index (χ3n) is 9.15. The van der Waals surface area contributed by atoms with Crippen LogP contribution in [0.25, 0.3) is 0 Å². The van der Waals surface area contributed by atoms with E-state index in [4.69, 9.17) is 18.9 Å². The average Bonchev–Trinajstić information content (AvgIpc) is 3.14. The molecule has 5 rings (SSSR count). The van der Waals surface area contributed by atoms with E-state index in [0.29, 0.717) is 18.8 Å². The molecule has 1 atom stereocenters. The predicted molar refractivity (Wildman–Crippen MR) is 203 cm³/mol. The first-order chi connectivity index (χ1) is 24.7. The molecule has 0 spiro atoms. The first-order valence-corrected chi connectivity index (χ1v) is 17.4. The van der Waals surface area contributed by atoms with Crippen molar-refractivity contribution in [1.82, 2.24) is 0 Å². The number of aryl methyl sites for hydroxylation is 2. The minimum atomic E-state index is -0.733. The standard InChI is InChI=1S/C44H47NO6/c1-32-10-20-38(21-11-32)45(39-22-12-33(2)13-23-39)40-24-14-35(15-25-40)44(4,36-16-26-41(48-5)27-17-36)37-18-28-42(29-19-37)51-43(47)50-31-9-7-6-8-30-49-34(3)46/h10-29H,6-9,30-31H2,1-5H3. The molecule has 0 N–H and O–H groups in total. The normalized spacial score (nSPS) is 12.0. The third kappa shape index (κ3) is 9.57. The molecule has 0 saturated carbocycles. The van der Waals surface area contributed by atoms with Gasteiger partial charge in [-0.1, -0.05) is 71.8 Å². The van der Waals surface area contributed by atoms with E-state index in [0.717, 1.165) is 58.8 Å². The molecular formula is C44H47NO6. The van der Waals surface area contributed by atoms with Crippen molar-refractivity contribution in [1.29, 1.82) is 0 Å². The fourth-order valence-corrected chi connectivity index (χ4v) is 6.11. The van der Waals surface area contributed by atoms with Gasteiger partial charge in [-0.15, -0.1) is 0 Å². The number of nitrogens with zero attached hydrogens (tertiary/aromatic N) is 1. The highest BCUT2D eigenvalue weighted by Gasteiger charge is 2.32. The van der Waals surface area contributed by atoms with E-state index in [1.807, 2.05) is 24.3 Å². The summed E-state index contributed by atoms with van der Waals surface area (Å²) in [7, 11) is 1.67. The number of carbonyl (C=O) groups excluding carboxylic acids is 2. The fraction of sp³-hybridized carbons (Fsp3) is 0.273. The first kappa shape index (κ1) is 36.7. The molecule has 0 fully saturated rings. The van der Waals surface area contributed by atoms with Crippen LogP contribution in [0.1, 0.15) is 67.3 Å². The molecule has 5 aromatic carbocycles. The number of carbonyl (C=O) groups is 2. The maximum absolute atomic E-state index is 12.4. The van der Waals surface area contributed by atoms with Crippen LogP contribution in [0, 0.1) is 13.8 Å². The van der Waals surface area contributed by atoms with Gasteiger partial charge in [-0.3, -0.25) is 4.79 Å². The van der Waals surface area contributed by atoms with E-state index < -0.39 is 11.6 Å². The van der Waals surface area contributed by atoms with E-state index in [2.05, 4.69) is 111 Å². The van der Waals surface area contributed by atoms with Gasteiger partial charge in [-0.05, 0) is 124 Å². The molecule has 0 aliphatic heterocycles. The summed E-state index contributed by atoms with van der Waals surface area (Å²) in [6.07, 6.45) is 2.52. The SMILES string of the molecule is COc1ccc(C(C)(c2ccc(OC(=O)OCCCCCCOC(C)=O)cc2)c2ccc(N(c3ccc(C)cc3)c3ccc(C)cc3)cc2)cc1. The van der Waals surface area contributed by atoms with E-state index in [9.17, 15) is 9.59 Å². The van der Waals surface area contributed by atoms with Gasteiger partial charge >= 0.3 is 12.1 Å². The van der Waals surface area contributed by atoms with E-state index in [1.165, 1.54) is 18.1 Å². The largest absolute Gasteiger partial charge is 0.513 e. The monoisotopic (exact) mass is 685 g/mol. The smallest absolute Gasteiger partial charge is 0.497 e. The molecule has 1 unspecified atom stereocenters. The Bertz CT molecular complexity index is 1810. The molecule has 0 radical (unpaired) electrons. The molecule has 0 amide bonds. The number of hydrogen-bond acceptors (Lipinski definition) is 7. The van der Waals surface area contributed by atoms with Crippen molar-refractivity contribution in [3.05, 3.63) is 149 Å². The zero-order valence-corrected chi connectivity index (χ0v) is 30.2. The van der Waals surface area contributed by atoms with Crippen molar-refractivity contribution >= 4 is 29.2 Å². The number of hydrogen-bond donors (Lipinski definition) is 0. The van der Waals surface area contributed by atoms with Gasteiger partial charge in [0, 0.05) is 29.4 Å².